The average molecular weight is 249 g/mol. The number of anilines is 1. The number of hydrogen-bond acceptors (Lipinski definition) is 1. The van der Waals surface area contributed by atoms with E-state index in [1.807, 2.05) is 0 Å². The van der Waals surface area contributed by atoms with E-state index in [9.17, 15) is 0 Å². The monoisotopic (exact) mass is 249 g/mol. The Hall–Kier alpha value is -1.76. The highest BCUT2D eigenvalue weighted by molar-refractivity contribution is 5.56. The van der Waals surface area contributed by atoms with E-state index >= 15 is 0 Å². The minimum Gasteiger partial charge on any atom is -0.362 e. The predicted molar refractivity (Wildman–Crippen MR) is 79.5 cm³/mol. The first-order chi connectivity index (χ1) is 9.40. The molecule has 0 bridgehead atoms. The largest absolute Gasteiger partial charge is 0.362 e. The van der Waals surface area contributed by atoms with E-state index in [0.29, 0.717) is 0 Å². The molecule has 1 atom stereocenters. The van der Waals surface area contributed by atoms with Gasteiger partial charge in [0.15, 0.2) is 0 Å². The summed E-state index contributed by atoms with van der Waals surface area (Å²) >= 11 is 0. The summed E-state index contributed by atoms with van der Waals surface area (Å²) < 4.78 is 0. The summed E-state index contributed by atoms with van der Waals surface area (Å²) in [4.78, 5) is 2.62. The van der Waals surface area contributed by atoms with Gasteiger partial charge in [-0.05, 0) is 48.9 Å². The molecule has 96 valence electrons. The first kappa shape index (κ1) is 11.1. The van der Waals surface area contributed by atoms with Gasteiger partial charge in [0.2, 0.25) is 0 Å². The lowest BCUT2D eigenvalue weighted by Gasteiger charge is -2.57. The van der Waals surface area contributed by atoms with Crippen LogP contribution >= 0.6 is 0 Å². The lowest BCUT2D eigenvalue weighted by molar-refractivity contribution is 0.239. The first-order valence-electron chi connectivity index (χ1n) is 7.31. The maximum Gasteiger partial charge on any atom is 0.0673 e. The van der Waals surface area contributed by atoms with Crippen LogP contribution in [0.3, 0.4) is 0 Å². The molecule has 1 saturated heterocycles. The summed E-state index contributed by atoms with van der Waals surface area (Å²) in [5, 5.41) is 0. The molecule has 1 spiro atoms. The van der Waals surface area contributed by atoms with Crippen LogP contribution in [0.5, 0.6) is 0 Å². The van der Waals surface area contributed by atoms with Crippen molar-refractivity contribution in [3.63, 3.8) is 0 Å². The number of benzene rings is 2. The van der Waals surface area contributed by atoms with Crippen molar-refractivity contribution in [1.29, 1.82) is 0 Å². The van der Waals surface area contributed by atoms with Gasteiger partial charge in [0.25, 0.3) is 0 Å². The Morgan fingerprint density at radius 2 is 1.63 bits per heavy atom. The van der Waals surface area contributed by atoms with Crippen molar-refractivity contribution in [3.05, 3.63) is 65.7 Å². The van der Waals surface area contributed by atoms with E-state index in [0.717, 1.165) is 0 Å². The SMILES string of the molecule is c1ccc(N2CCC23CCCc2ccccc23)cc1. The van der Waals surface area contributed by atoms with Crippen molar-refractivity contribution in [2.45, 2.75) is 31.2 Å². The number of fused-ring (bicyclic) bond motifs is 2. The molecule has 4 rings (SSSR count). The molecule has 1 heteroatoms. The lowest BCUT2D eigenvalue weighted by Crippen LogP contribution is -2.59. The van der Waals surface area contributed by atoms with E-state index in [-0.39, 0.29) is 5.54 Å². The first-order valence-corrected chi connectivity index (χ1v) is 7.31. The van der Waals surface area contributed by atoms with Crippen LogP contribution in [0.15, 0.2) is 54.6 Å². The second kappa shape index (κ2) is 4.12. The third-order valence-corrected chi connectivity index (χ3v) is 4.89. The third kappa shape index (κ3) is 1.54. The van der Waals surface area contributed by atoms with Crippen LogP contribution in [-0.4, -0.2) is 6.54 Å². The second-order valence-corrected chi connectivity index (χ2v) is 5.78. The van der Waals surface area contributed by atoms with Crippen LogP contribution in [0.4, 0.5) is 5.69 Å². The molecular weight excluding hydrogens is 230 g/mol. The van der Waals surface area contributed by atoms with Crippen LogP contribution in [-0.2, 0) is 12.0 Å². The van der Waals surface area contributed by atoms with Crippen molar-refractivity contribution in [1.82, 2.24) is 0 Å². The molecule has 19 heavy (non-hydrogen) atoms. The van der Waals surface area contributed by atoms with Crippen molar-refractivity contribution in [2.24, 2.45) is 0 Å². The Bertz CT molecular complexity index is 590. The summed E-state index contributed by atoms with van der Waals surface area (Å²) in [6, 6.07) is 19.9. The van der Waals surface area contributed by atoms with Gasteiger partial charge in [0.1, 0.15) is 0 Å². The molecular formula is C18H19N. The maximum atomic E-state index is 2.62. The van der Waals surface area contributed by atoms with E-state index in [2.05, 4.69) is 59.5 Å². The zero-order chi connectivity index (χ0) is 12.7. The predicted octanol–water partition coefficient (Wildman–Crippen LogP) is 4.13. The number of aryl methyl sites for hydroxylation is 1. The zero-order valence-corrected chi connectivity index (χ0v) is 11.2. The van der Waals surface area contributed by atoms with Gasteiger partial charge in [-0.1, -0.05) is 42.5 Å². The molecule has 1 fully saturated rings. The molecule has 1 nitrogen and oxygen atoms in total. The smallest absolute Gasteiger partial charge is 0.0673 e. The molecule has 0 radical (unpaired) electrons. The standard InChI is InChI=1S/C18H19N/c1-2-9-16(10-3-1)19-14-13-18(19)12-6-8-15-7-4-5-11-17(15)18/h1-5,7,9-11H,6,8,12-14H2. The average Bonchev–Trinajstić information content (AvgIpc) is 2.46. The topological polar surface area (TPSA) is 3.24 Å². The molecule has 0 saturated carbocycles. The fourth-order valence-electron chi connectivity index (χ4n) is 3.92. The van der Waals surface area contributed by atoms with E-state index < -0.39 is 0 Å². The van der Waals surface area contributed by atoms with E-state index in [1.54, 1.807) is 11.1 Å². The minimum atomic E-state index is 0.288. The Labute approximate surface area is 114 Å². The van der Waals surface area contributed by atoms with Crippen molar-refractivity contribution in [3.8, 4) is 0 Å². The van der Waals surface area contributed by atoms with Crippen LogP contribution in [0, 0.1) is 0 Å². The van der Waals surface area contributed by atoms with Gasteiger partial charge >= 0.3 is 0 Å². The minimum absolute atomic E-state index is 0.288. The fraction of sp³-hybridized carbons (Fsp3) is 0.333. The van der Waals surface area contributed by atoms with Crippen LogP contribution in [0.1, 0.15) is 30.4 Å². The number of para-hydroxylation sites is 1. The van der Waals surface area contributed by atoms with Gasteiger partial charge in [-0.15, -0.1) is 0 Å². The molecule has 2 aromatic carbocycles. The molecule has 0 aromatic heterocycles. The molecule has 0 N–H and O–H groups in total. The normalized spacial score (nSPS) is 24.9. The maximum absolute atomic E-state index is 2.62. The van der Waals surface area contributed by atoms with Gasteiger partial charge in [-0.3, -0.25) is 0 Å². The summed E-state index contributed by atoms with van der Waals surface area (Å²) in [6.45, 7) is 1.19. The molecule has 2 aliphatic rings. The second-order valence-electron chi connectivity index (χ2n) is 5.78. The molecule has 2 aromatic rings. The Balaban J connectivity index is 1.80. The quantitative estimate of drug-likeness (QED) is 0.734. The lowest BCUT2D eigenvalue weighted by atomic mass is 9.68. The summed E-state index contributed by atoms with van der Waals surface area (Å²) in [5.74, 6) is 0. The highest BCUT2D eigenvalue weighted by Gasteiger charge is 2.47. The zero-order valence-electron chi connectivity index (χ0n) is 11.2. The highest BCUT2D eigenvalue weighted by Crippen LogP contribution is 2.50. The van der Waals surface area contributed by atoms with Gasteiger partial charge < -0.3 is 4.90 Å². The van der Waals surface area contributed by atoms with Gasteiger partial charge in [-0.2, -0.15) is 0 Å². The Kier molecular flexibility index (Phi) is 2.41. The van der Waals surface area contributed by atoms with Crippen LogP contribution in [0.25, 0.3) is 0 Å². The summed E-state index contributed by atoms with van der Waals surface area (Å²) in [6.07, 6.45) is 5.18. The van der Waals surface area contributed by atoms with Crippen LogP contribution < -0.4 is 4.90 Å². The third-order valence-electron chi connectivity index (χ3n) is 4.89. The van der Waals surface area contributed by atoms with Crippen molar-refractivity contribution < 1.29 is 0 Å². The molecule has 1 heterocycles. The summed E-state index contributed by atoms with van der Waals surface area (Å²) in [7, 11) is 0. The number of rotatable bonds is 1. The van der Waals surface area contributed by atoms with Crippen molar-refractivity contribution in [2.75, 3.05) is 11.4 Å². The van der Waals surface area contributed by atoms with Gasteiger partial charge in [0, 0.05) is 12.2 Å². The Morgan fingerprint density at radius 1 is 0.842 bits per heavy atom. The van der Waals surface area contributed by atoms with Crippen molar-refractivity contribution >= 4 is 5.69 Å². The number of hydrogen-bond donors (Lipinski definition) is 0. The highest BCUT2D eigenvalue weighted by atomic mass is 15.3. The molecule has 1 unspecified atom stereocenters. The van der Waals surface area contributed by atoms with Gasteiger partial charge in [0.05, 0.1) is 5.54 Å². The molecule has 1 aliphatic heterocycles. The Morgan fingerprint density at radius 3 is 2.42 bits per heavy atom. The fourth-order valence-corrected chi connectivity index (χ4v) is 3.92. The van der Waals surface area contributed by atoms with E-state index in [4.69, 9.17) is 0 Å². The van der Waals surface area contributed by atoms with Crippen LogP contribution in [0.2, 0.25) is 0 Å². The molecule has 0 amide bonds. The van der Waals surface area contributed by atoms with E-state index in [1.165, 1.54) is 37.9 Å². The number of nitrogens with zero attached hydrogens (tertiary/aromatic N) is 1. The summed E-state index contributed by atoms with van der Waals surface area (Å²) in [5.41, 5.74) is 4.81. The van der Waals surface area contributed by atoms with Gasteiger partial charge in [-0.25, -0.2) is 0 Å². The molecule has 1 aliphatic carbocycles.